The Kier molecular flexibility index (Phi) is 5.98. The number of nitrogens with one attached hydrogen (secondary N) is 1. The van der Waals surface area contributed by atoms with Crippen LogP contribution in [0.25, 0.3) is 6.08 Å². The Balaban J connectivity index is 1.86. The van der Waals surface area contributed by atoms with Crippen molar-refractivity contribution in [1.29, 1.82) is 0 Å². The number of amides is 1. The summed E-state index contributed by atoms with van der Waals surface area (Å²) in [7, 11) is 1.66. The second-order valence-corrected chi connectivity index (χ2v) is 5.60. The van der Waals surface area contributed by atoms with E-state index in [1.54, 1.807) is 13.2 Å². The largest absolute Gasteiger partial charge is 0.496 e. The third-order valence-corrected chi connectivity index (χ3v) is 3.60. The summed E-state index contributed by atoms with van der Waals surface area (Å²) in [6.45, 7) is 4.66. The molecule has 0 fully saturated rings. The molecular weight excluding hydrogens is 286 g/mol. The van der Waals surface area contributed by atoms with Gasteiger partial charge in [0.05, 0.1) is 7.11 Å². The molecule has 0 atom stereocenters. The quantitative estimate of drug-likeness (QED) is 0.827. The van der Waals surface area contributed by atoms with Gasteiger partial charge in [-0.3, -0.25) is 4.79 Å². The molecule has 0 saturated carbocycles. The van der Waals surface area contributed by atoms with E-state index >= 15 is 0 Å². The highest BCUT2D eigenvalue weighted by molar-refractivity contribution is 5.91. The van der Waals surface area contributed by atoms with Crippen molar-refractivity contribution in [2.24, 2.45) is 0 Å². The van der Waals surface area contributed by atoms with Crippen molar-refractivity contribution in [3.05, 3.63) is 70.8 Å². The molecule has 1 N–H and O–H groups in total. The van der Waals surface area contributed by atoms with Crippen molar-refractivity contribution < 1.29 is 9.53 Å². The van der Waals surface area contributed by atoms with Gasteiger partial charge in [-0.25, -0.2) is 0 Å². The van der Waals surface area contributed by atoms with E-state index in [-0.39, 0.29) is 5.91 Å². The van der Waals surface area contributed by atoms with Gasteiger partial charge in [-0.1, -0.05) is 47.5 Å². The first-order valence-corrected chi connectivity index (χ1v) is 7.74. The van der Waals surface area contributed by atoms with Crippen LogP contribution >= 0.6 is 0 Å². The number of aryl methyl sites for hydroxylation is 2. The molecule has 0 saturated heterocycles. The van der Waals surface area contributed by atoms with Gasteiger partial charge in [0.15, 0.2) is 0 Å². The molecule has 0 radical (unpaired) electrons. The zero-order valence-electron chi connectivity index (χ0n) is 13.9. The van der Waals surface area contributed by atoms with E-state index in [0.29, 0.717) is 6.54 Å². The average Bonchev–Trinajstić information content (AvgIpc) is 2.53. The van der Waals surface area contributed by atoms with Gasteiger partial charge in [-0.05, 0) is 43.5 Å². The normalized spacial score (nSPS) is 10.7. The zero-order chi connectivity index (χ0) is 16.7. The molecule has 3 nitrogen and oxygen atoms in total. The number of rotatable bonds is 6. The standard InChI is InChI=1S/C20H23NO2/c1-15-5-4-6-17(13-15)8-10-20(22)21-12-11-18-14-16(2)7-9-19(18)23-3/h4-10,13-14H,11-12H2,1-3H3,(H,21,22)/b10-8+. The van der Waals surface area contributed by atoms with Crippen molar-refractivity contribution in [1.82, 2.24) is 5.32 Å². The minimum absolute atomic E-state index is 0.0851. The van der Waals surface area contributed by atoms with Crippen LogP contribution in [0.1, 0.15) is 22.3 Å². The Morgan fingerprint density at radius 2 is 1.91 bits per heavy atom. The van der Waals surface area contributed by atoms with Crippen LogP contribution in [0.15, 0.2) is 48.5 Å². The summed E-state index contributed by atoms with van der Waals surface area (Å²) < 4.78 is 5.35. The first-order chi connectivity index (χ1) is 11.1. The second kappa shape index (κ2) is 8.18. The molecule has 2 rings (SSSR count). The molecule has 0 heterocycles. The van der Waals surface area contributed by atoms with Crippen molar-refractivity contribution >= 4 is 12.0 Å². The predicted octanol–water partition coefficient (Wildman–Crippen LogP) is 3.68. The maximum Gasteiger partial charge on any atom is 0.244 e. The third kappa shape index (κ3) is 5.29. The van der Waals surface area contributed by atoms with Crippen LogP contribution < -0.4 is 10.1 Å². The first kappa shape index (κ1) is 16.8. The Morgan fingerprint density at radius 3 is 2.65 bits per heavy atom. The van der Waals surface area contributed by atoms with Gasteiger partial charge in [0, 0.05) is 12.6 Å². The topological polar surface area (TPSA) is 38.3 Å². The van der Waals surface area contributed by atoms with Crippen molar-refractivity contribution in [2.75, 3.05) is 13.7 Å². The first-order valence-electron chi connectivity index (χ1n) is 7.74. The number of benzene rings is 2. The molecule has 1 amide bonds. The van der Waals surface area contributed by atoms with Gasteiger partial charge in [0.2, 0.25) is 5.91 Å². The van der Waals surface area contributed by atoms with Gasteiger partial charge >= 0.3 is 0 Å². The fraction of sp³-hybridized carbons (Fsp3) is 0.250. The molecule has 2 aromatic rings. The summed E-state index contributed by atoms with van der Waals surface area (Å²) in [5.41, 5.74) is 4.50. The Labute approximate surface area is 138 Å². The number of hydrogen-bond donors (Lipinski definition) is 1. The third-order valence-electron chi connectivity index (χ3n) is 3.60. The summed E-state index contributed by atoms with van der Waals surface area (Å²) in [5.74, 6) is 0.776. The number of carbonyl (C=O) groups excluding carboxylic acids is 1. The minimum atomic E-state index is -0.0851. The van der Waals surface area contributed by atoms with Crippen molar-refractivity contribution in [2.45, 2.75) is 20.3 Å². The average molecular weight is 309 g/mol. The molecule has 0 bridgehead atoms. The molecule has 120 valence electrons. The summed E-state index contributed by atoms with van der Waals surface area (Å²) in [4.78, 5) is 11.9. The predicted molar refractivity (Wildman–Crippen MR) is 94.7 cm³/mol. The van der Waals surface area contributed by atoms with Gasteiger partial charge in [0.1, 0.15) is 5.75 Å². The van der Waals surface area contributed by atoms with E-state index in [1.807, 2.05) is 56.3 Å². The van der Waals surface area contributed by atoms with E-state index in [4.69, 9.17) is 4.74 Å². The minimum Gasteiger partial charge on any atom is -0.496 e. The van der Waals surface area contributed by atoms with Gasteiger partial charge in [-0.15, -0.1) is 0 Å². The Bertz CT molecular complexity index is 705. The van der Waals surface area contributed by atoms with E-state index < -0.39 is 0 Å². The van der Waals surface area contributed by atoms with Crippen LogP contribution in [0.3, 0.4) is 0 Å². The van der Waals surface area contributed by atoms with Crippen LogP contribution in [0.2, 0.25) is 0 Å². The number of hydrogen-bond acceptors (Lipinski definition) is 2. The molecule has 23 heavy (non-hydrogen) atoms. The lowest BCUT2D eigenvalue weighted by Gasteiger charge is -2.09. The van der Waals surface area contributed by atoms with E-state index in [0.717, 1.165) is 23.3 Å². The Morgan fingerprint density at radius 1 is 1.13 bits per heavy atom. The lowest BCUT2D eigenvalue weighted by molar-refractivity contribution is -0.116. The fourth-order valence-corrected chi connectivity index (χ4v) is 2.43. The molecule has 0 unspecified atom stereocenters. The molecule has 0 aliphatic heterocycles. The number of ether oxygens (including phenoxy) is 1. The molecule has 0 aliphatic carbocycles. The second-order valence-electron chi connectivity index (χ2n) is 5.60. The lowest BCUT2D eigenvalue weighted by atomic mass is 10.1. The summed E-state index contributed by atoms with van der Waals surface area (Å²) in [6.07, 6.45) is 4.15. The highest BCUT2D eigenvalue weighted by atomic mass is 16.5. The van der Waals surface area contributed by atoms with E-state index in [9.17, 15) is 4.79 Å². The van der Waals surface area contributed by atoms with Crippen molar-refractivity contribution in [3.63, 3.8) is 0 Å². The maximum atomic E-state index is 11.9. The smallest absolute Gasteiger partial charge is 0.244 e. The van der Waals surface area contributed by atoms with Crippen molar-refractivity contribution in [3.8, 4) is 5.75 Å². The number of carbonyl (C=O) groups is 1. The highest BCUT2D eigenvalue weighted by Gasteiger charge is 2.03. The van der Waals surface area contributed by atoms with Crippen LogP contribution in [0, 0.1) is 13.8 Å². The molecule has 3 heteroatoms. The molecular formula is C20H23NO2. The monoisotopic (exact) mass is 309 g/mol. The van der Waals surface area contributed by atoms with Crippen LogP contribution in [-0.2, 0) is 11.2 Å². The highest BCUT2D eigenvalue weighted by Crippen LogP contribution is 2.19. The van der Waals surface area contributed by atoms with Crippen LogP contribution in [-0.4, -0.2) is 19.6 Å². The molecule has 0 aromatic heterocycles. The van der Waals surface area contributed by atoms with E-state index in [1.165, 1.54) is 11.1 Å². The van der Waals surface area contributed by atoms with Gasteiger partial charge < -0.3 is 10.1 Å². The number of methoxy groups -OCH3 is 1. The van der Waals surface area contributed by atoms with Crippen LogP contribution in [0.5, 0.6) is 5.75 Å². The summed E-state index contributed by atoms with van der Waals surface area (Å²) in [6, 6.07) is 14.1. The molecule has 2 aromatic carbocycles. The summed E-state index contributed by atoms with van der Waals surface area (Å²) in [5, 5.41) is 2.91. The van der Waals surface area contributed by atoms with Gasteiger partial charge in [0.25, 0.3) is 0 Å². The van der Waals surface area contributed by atoms with Gasteiger partial charge in [-0.2, -0.15) is 0 Å². The zero-order valence-corrected chi connectivity index (χ0v) is 13.9. The molecule has 0 aliphatic rings. The Hall–Kier alpha value is -2.55. The SMILES string of the molecule is COc1ccc(C)cc1CCNC(=O)/C=C/c1cccc(C)c1. The molecule has 0 spiro atoms. The lowest BCUT2D eigenvalue weighted by Crippen LogP contribution is -2.23. The van der Waals surface area contributed by atoms with E-state index in [2.05, 4.69) is 11.4 Å². The summed E-state index contributed by atoms with van der Waals surface area (Å²) >= 11 is 0. The van der Waals surface area contributed by atoms with Crippen LogP contribution in [0.4, 0.5) is 0 Å². The maximum absolute atomic E-state index is 11.9. The fourth-order valence-electron chi connectivity index (χ4n) is 2.43.